The topological polar surface area (TPSA) is 0 Å². The van der Waals surface area contributed by atoms with E-state index >= 15 is 0 Å². The number of hydrogen-bond donors (Lipinski definition) is 0. The number of thioether (sulfide) groups is 1. The zero-order chi connectivity index (χ0) is 10.5. The fourth-order valence-corrected chi connectivity index (χ4v) is 1.98. The first kappa shape index (κ1) is 10.3. The normalized spacial score (nSPS) is 10.2. The summed E-state index contributed by atoms with van der Waals surface area (Å²) in [5.41, 5.74) is 2.74. The van der Waals surface area contributed by atoms with Gasteiger partial charge < -0.3 is 0 Å². The van der Waals surface area contributed by atoms with E-state index in [0.29, 0.717) is 0 Å². The predicted molar refractivity (Wildman–Crippen MR) is 67.5 cm³/mol. The lowest BCUT2D eigenvalue weighted by Crippen LogP contribution is -1.86. The van der Waals surface area contributed by atoms with Crippen LogP contribution >= 0.6 is 11.8 Å². The lowest BCUT2D eigenvalue weighted by molar-refractivity contribution is 1.18. The molecule has 1 heteroatoms. The van der Waals surface area contributed by atoms with Crippen molar-refractivity contribution in [2.45, 2.75) is 11.3 Å². The van der Waals surface area contributed by atoms with Gasteiger partial charge in [0.1, 0.15) is 0 Å². The summed E-state index contributed by atoms with van der Waals surface area (Å²) < 4.78 is 0. The molecule has 0 saturated carbocycles. The molecule has 0 spiro atoms. The largest absolute Gasteiger partial charge is 0.130 e. The summed E-state index contributed by atoms with van der Waals surface area (Å²) in [6.07, 6.45) is 3.13. The van der Waals surface area contributed by atoms with Gasteiger partial charge in [-0.3, -0.25) is 0 Å². The van der Waals surface area contributed by atoms with Crippen LogP contribution in [0.1, 0.15) is 11.1 Å². The Balaban J connectivity index is 2.11. The Morgan fingerprint density at radius 1 is 0.800 bits per heavy atom. The molecule has 0 fully saturated rings. The smallest absolute Gasteiger partial charge is 0.00693 e. The van der Waals surface area contributed by atoms with Crippen molar-refractivity contribution >= 4 is 11.8 Å². The molecule has 0 unspecified atom stereocenters. The Labute approximate surface area is 95.3 Å². The molecule has 0 aliphatic rings. The summed E-state index contributed by atoms with van der Waals surface area (Å²) >= 11 is 1.78. The molecule has 0 N–H and O–H groups in total. The van der Waals surface area contributed by atoms with Crippen LogP contribution in [0.4, 0.5) is 0 Å². The maximum atomic E-state index is 2.21. The molecular formula is C14H14S. The van der Waals surface area contributed by atoms with E-state index in [-0.39, 0.29) is 0 Å². The van der Waals surface area contributed by atoms with Gasteiger partial charge in [0.25, 0.3) is 0 Å². The molecule has 2 aromatic rings. The molecule has 0 aromatic heterocycles. The van der Waals surface area contributed by atoms with E-state index in [0.717, 1.165) is 6.42 Å². The van der Waals surface area contributed by atoms with Crippen molar-refractivity contribution in [2.24, 2.45) is 0 Å². The van der Waals surface area contributed by atoms with E-state index in [9.17, 15) is 0 Å². The van der Waals surface area contributed by atoms with E-state index in [1.54, 1.807) is 11.8 Å². The van der Waals surface area contributed by atoms with Gasteiger partial charge >= 0.3 is 0 Å². The standard InChI is InChI=1S/C14H14S/c1-15-14-9-7-13(8-10-14)11-12-5-3-2-4-6-12/h2-10H,11H2,1H3. The second kappa shape index (κ2) is 5.04. The van der Waals surface area contributed by atoms with Crippen LogP contribution in [0.3, 0.4) is 0 Å². The predicted octanol–water partition coefficient (Wildman–Crippen LogP) is 4.00. The Morgan fingerprint density at radius 2 is 1.40 bits per heavy atom. The monoisotopic (exact) mass is 214 g/mol. The lowest BCUT2D eigenvalue weighted by atomic mass is 10.1. The summed E-state index contributed by atoms with van der Waals surface area (Å²) in [4.78, 5) is 1.33. The first-order chi connectivity index (χ1) is 7.38. The molecule has 0 amide bonds. The SMILES string of the molecule is CSc1ccc(Cc2ccccc2)cc1. The molecule has 2 aromatic carbocycles. The van der Waals surface area contributed by atoms with E-state index in [2.05, 4.69) is 60.9 Å². The van der Waals surface area contributed by atoms with Crippen LogP contribution in [0.5, 0.6) is 0 Å². The van der Waals surface area contributed by atoms with E-state index in [1.807, 2.05) is 0 Å². The third kappa shape index (κ3) is 2.87. The molecular weight excluding hydrogens is 200 g/mol. The number of benzene rings is 2. The van der Waals surface area contributed by atoms with Crippen LogP contribution in [0.25, 0.3) is 0 Å². The minimum Gasteiger partial charge on any atom is -0.130 e. The van der Waals surface area contributed by atoms with Crippen molar-refractivity contribution in [3.05, 3.63) is 65.7 Å². The molecule has 15 heavy (non-hydrogen) atoms. The average molecular weight is 214 g/mol. The second-order valence-corrected chi connectivity index (χ2v) is 4.39. The van der Waals surface area contributed by atoms with Crippen LogP contribution in [-0.2, 0) is 6.42 Å². The summed E-state index contributed by atoms with van der Waals surface area (Å²) in [6.45, 7) is 0. The minimum atomic E-state index is 1.02. The quantitative estimate of drug-likeness (QED) is 0.696. The molecule has 0 radical (unpaired) electrons. The first-order valence-corrected chi connectivity index (χ1v) is 6.28. The Bertz CT molecular complexity index is 403. The molecule has 0 heterocycles. The van der Waals surface area contributed by atoms with Crippen LogP contribution in [0, 0.1) is 0 Å². The van der Waals surface area contributed by atoms with Crippen LogP contribution in [0.2, 0.25) is 0 Å². The van der Waals surface area contributed by atoms with E-state index < -0.39 is 0 Å². The molecule has 0 saturated heterocycles. The fourth-order valence-electron chi connectivity index (χ4n) is 1.57. The van der Waals surface area contributed by atoms with Crippen molar-refractivity contribution in [1.82, 2.24) is 0 Å². The summed E-state index contributed by atoms with van der Waals surface area (Å²) in [7, 11) is 0. The molecule has 2 rings (SSSR count). The van der Waals surface area contributed by atoms with Crippen LogP contribution in [-0.4, -0.2) is 6.26 Å². The maximum Gasteiger partial charge on any atom is 0.00693 e. The third-order valence-corrected chi connectivity index (χ3v) is 3.15. The highest BCUT2D eigenvalue weighted by atomic mass is 32.2. The summed E-state index contributed by atoms with van der Waals surface area (Å²) in [5, 5.41) is 0. The van der Waals surface area contributed by atoms with Gasteiger partial charge in [-0.15, -0.1) is 11.8 Å². The van der Waals surface area contributed by atoms with Crippen molar-refractivity contribution in [2.75, 3.05) is 6.26 Å². The fraction of sp³-hybridized carbons (Fsp3) is 0.143. The highest BCUT2D eigenvalue weighted by Gasteiger charge is 1.95. The van der Waals surface area contributed by atoms with Gasteiger partial charge in [0.05, 0.1) is 0 Å². The van der Waals surface area contributed by atoms with Gasteiger partial charge in [0, 0.05) is 4.90 Å². The van der Waals surface area contributed by atoms with E-state index in [4.69, 9.17) is 0 Å². The van der Waals surface area contributed by atoms with Crippen molar-refractivity contribution < 1.29 is 0 Å². The molecule has 0 bridgehead atoms. The van der Waals surface area contributed by atoms with Gasteiger partial charge in [0.15, 0.2) is 0 Å². The Kier molecular flexibility index (Phi) is 3.46. The van der Waals surface area contributed by atoms with Gasteiger partial charge in [-0.05, 0) is 35.9 Å². The first-order valence-electron chi connectivity index (χ1n) is 5.05. The van der Waals surface area contributed by atoms with Crippen LogP contribution in [0.15, 0.2) is 59.5 Å². The Morgan fingerprint density at radius 3 is 2.00 bits per heavy atom. The van der Waals surface area contributed by atoms with Crippen LogP contribution < -0.4 is 0 Å². The highest BCUT2D eigenvalue weighted by Crippen LogP contribution is 2.16. The van der Waals surface area contributed by atoms with Crippen molar-refractivity contribution in [3.63, 3.8) is 0 Å². The Hall–Kier alpha value is -1.21. The summed E-state index contributed by atoms with van der Waals surface area (Å²) in [6, 6.07) is 19.4. The van der Waals surface area contributed by atoms with Crippen molar-refractivity contribution in [1.29, 1.82) is 0 Å². The molecule has 0 atom stereocenters. The second-order valence-electron chi connectivity index (χ2n) is 3.51. The molecule has 0 aliphatic carbocycles. The zero-order valence-corrected chi connectivity index (χ0v) is 9.63. The molecule has 0 aliphatic heterocycles. The van der Waals surface area contributed by atoms with Gasteiger partial charge in [-0.1, -0.05) is 42.5 Å². The van der Waals surface area contributed by atoms with Crippen molar-refractivity contribution in [3.8, 4) is 0 Å². The molecule has 0 nitrogen and oxygen atoms in total. The number of hydrogen-bond acceptors (Lipinski definition) is 1. The highest BCUT2D eigenvalue weighted by molar-refractivity contribution is 7.98. The van der Waals surface area contributed by atoms with Gasteiger partial charge in [-0.2, -0.15) is 0 Å². The average Bonchev–Trinajstić information content (AvgIpc) is 2.31. The molecule has 76 valence electrons. The summed E-state index contributed by atoms with van der Waals surface area (Å²) in [5.74, 6) is 0. The van der Waals surface area contributed by atoms with E-state index in [1.165, 1.54) is 16.0 Å². The minimum absolute atomic E-state index is 1.02. The maximum absolute atomic E-state index is 2.21. The lowest BCUT2D eigenvalue weighted by Gasteiger charge is -2.02. The third-order valence-electron chi connectivity index (χ3n) is 2.41. The zero-order valence-electron chi connectivity index (χ0n) is 8.81. The number of rotatable bonds is 3. The van der Waals surface area contributed by atoms with Gasteiger partial charge in [-0.25, -0.2) is 0 Å². The van der Waals surface area contributed by atoms with Gasteiger partial charge in [0.2, 0.25) is 0 Å².